The molecule has 0 atom stereocenters. The first-order chi connectivity index (χ1) is 13.2. The first-order valence-electron chi connectivity index (χ1n) is 9.18. The molecule has 3 N–H and O–H groups in total. The van der Waals surface area contributed by atoms with Crippen LogP contribution in [0.4, 0.5) is 0 Å². The third-order valence-electron chi connectivity index (χ3n) is 3.56. The third kappa shape index (κ3) is 12.7. The van der Waals surface area contributed by atoms with Crippen molar-refractivity contribution in [3.8, 4) is 5.75 Å². The number of carbonyl (C=O) groups is 1. The van der Waals surface area contributed by atoms with E-state index in [0.717, 1.165) is 24.3 Å². The van der Waals surface area contributed by atoms with Gasteiger partial charge in [-0.1, -0.05) is 12.1 Å². The SMILES string of the molecule is CCNC(=NCC(=O)NCc1ccc(OC)cc1)NCCCOCCOC.I. The number of rotatable bonds is 13. The fraction of sp³-hybridized carbons (Fsp3) is 0.579. The number of hydrogen-bond acceptors (Lipinski definition) is 5. The van der Waals surface area contributed by atoms with Crippen molar-refractivity contribution in [3.05, 3.63) is 29.8 Å². The number of ether oxygens (including phenoxy) is 3. The largest absolute Gasteiger partial charge is 0.497 e. The van der Waals surface area contributed by atoms with Gasteiger partial charge in [0.25, 0.3) is 0 Å². The maximum absolute atomic E-state index is 12.0. The maximum atomic E-state index is 12.0. The number of nitrogens with one attached hydrogen (secondary N) is 3. The first-order valence-corrected chi connectivity index (χ1v) is 9.18. The molecule has 0 fully saturated rings. The summed E-state index contributed by atoms with van der Waals surface area (Å²) in [6.07, 6.45) is 0.845. The highest BCUT2D eigenvalue weighted by molar-refractivity contribution is 14.0. The molecule has 160 valence electrons. The van der Waals surface area contributed by atoms with Crippen LogP contribution in [-0.2, 0) is 20.8 Å². The van der Waals surface area contributed by atoms with Crippen molar-refractivity contribution in [1.29, 1.82) is 0 Å². The van der Waals surface area contributed by atoms with Crippen LogP contribution in [0, 0.1) is 0 Å². The van der Waals surface area contributed by atoms with Crippen LogP contribution in [-0.4, -0.2) is 65.5 Å². The molecule has 0 aliphatic rings. The Kier molecular flexibility index (Phi) is 16.5. The van der Waals surface area contributed by atoms with Crippen LogP contribution in [0.2, 0.25) is 0 Å². The summed E-state index contributed by atoms with van der Waals surface area (Å²) in [7, 11) is 3.27. The van der Waals surface area contributed by atoms with Crippen LogP contribution in [0.25, 0.3) is 0 Å². The van der Waals surface area contributed by atoms with Crippen LogP contribution in [0.15, 0.2) is 29.3 Å². The van der Waals surface area contributed by atoms with E-state index in [9.17, 15) is 4.79 Å². The number of nitrogens with zero attached hydrogens (tertiary/aromatic N) is 1. The minimum Gasteiger partial charge on any atom is -0.497 e. The van der Waals surface area contributed by atoms with E-state index in [0.29, 0.717) is 38.9 Å². The van der Waals surface area contributed by atoms with Crippen molar-refractivity contribution in [1.82, 2.24) is 16.0 Å². The van der Waals surface area contributed by atoms with Gasteiger partial charge in [0.1, 0.15) is 12.3 Å². The van der Waals surface area contributed by atoms with Crippen LogP contribution in [0.1, 0.15) is 18.9 Å². The number of benzene rings is 1. The van der Waals surface area contributed by atoms with Crippen molar-refractivity contribution < 1.29 is 19.0 Å². The zero-order chi connectivity index (χ0) is 19.7. The molecular formula is C19H33IN4O4. The number of aliphatic imine (C=N–C) groups is 1. The monoisotopic (exact) mass is 508 g/mol. The molecule has 0 aliphatic carbocycles. The van der Waals surface area contributed by atoms with Gasteiger partial charge in [0.2, 0.25) is 5.91 Å². The average Bonchev–Trinajstić information content (AvgIpc) is 2.70. The Balaban J connectivity index is 0.00000729. The molecular weight excluding hydrogens is 475 g/mol. The quantitative estimate of drug-likeness (QED) is 0.162. The summed E-state index contributed by atoms with van der Waals surface area (Å²) in [6, 6.07) is 7.57. The smallest absolute Gasteiger partial charge is 0.242 e. The Morgan fingerprint density at radius 3 is 2.43 bits per heavy atom. The first kappa shape index (κ1) is 26.4. The van der Waals surface area contributed by atoms with Gasteiger partial charge in [-0.3, -0.25) is 4.79 Å². The molecule has 0 spiro atoms. The van der Waals surface area contributed by atoms with Gasteiger partial charge in [-0.2, -0.15) is 0 Å². The van der Waals surface area contributed by atoms with Gasteiger partial charge in [-0.15, -0.1) is 24.0 Å². The molecule has 0 heterocycles. The molecule has 0 radical (unpaired) electrons. The summed E-state index contributed by atoms with van der Waals surface area (Å²) in [5.74, 6) is 1.28. The number of guanidine groups is 1. The molecule has 0 aromatic heterocycles. The second kappa shape index (κ2) is 17.5. The second-order valence-electron chi connectivity index (χ2n) is 5.71. The van der Waals surface area contributed by atoms with E-state index in [-0.39, 0.29) is 36.4 Å². The van der Waals surface area contributed by atoms with Crippen LogP contribution in [0.3, 0.4) is 0 Å². The van der Waals surface area contributed by atoms with Gasteiger partial charge in [0, 0.05) is 33.4 Å². The second-order valence-corrected chi connectivity index (χ2v) is 5.71. The molecule has 9 heteroatoms. The molecule has 8 nitrogen and oxygen atoms in total. The highest BCUT2D eigenvalue weighted by Gasteiger charge is 2.03. The van der Waals surface area contributed by atoms with Crippen molar-refractivity contribution in [2.45, 2.75) is 19.9 Å². The lowest BCUT2D eigenvalue weighted by Crippen LogP contribution is -2.39. The molecule has 0 saturated heterocycles. The molecule has 0 aliphatic heterocycles. The van der Waals surface area contributed by atoms with Crippen molar-refractivity contribution in [2.75, 3.05) is 53.7 Å². The Labute approximate surface area is 184 Å². The molecule has 1 rings (SSSR count). The summed E-state index contributed by atoms with van der Waals surface area (Å²) in [5.41, 5.74) is 1.01. The van der Waals surface area contributed by atoms with Gasteiger partial charge in [0.15, 0.2) is 5.96 Å². The molecule has 1 aromatic rings. The molecule has 1 amide bonds. The molecule has 1 aromatic carbocycles. The lowest BCUT2D eigenvalue weighted by Gasteiger charge is -2.11. The van der Waals surface area contributed by atoms with E-state index < -0.39 is 0 Å². The summed E-state index contributed by atoms with van der Waals surface area (Å²) in [5, 5.41) is 9.16. The van der Waals surface area contributed by atoms with Gasteiger partial charge in [0.05, 0.1) is 20.3 Å². The topological polar surface area (TPSA) is 93.2 Å². The van der Waals surface area contributed by atoms with E-state index in [1.54, 1.807) is 14.2 Å². The molecule has 28 heavy (non-hydrogen) atoms. The number of methoxy groups -OCH3 is 2. The van der Waals surface area contributed by atoms with Gasteiger partial charge in [-0.05, 0) is 31.0 Å². The normalized spacial score (nSPS) is 10.8. The zero-order valence-electron chi connectivity index (χ0n) is 17.0. The Morgan fingerprint density at radius 2 is 1.79 bits per heavy atom. The number of halogens is 1. The van der Waals surface area contributed by atoms with Crippen molar-refractivity contribution in [2.24, 2.45) is 4.99 Å². The highest BCUT2D eigenvalue weighted by atomic mass is 127. The van der Waals surface area contributed by atoms with E-state index in [1.807, 2.05) is 31.2 Å². The average molecular weight is 508 g/mol. The van der Waals surface area contributed by atoms with E-state index in [2.05, 4.69) is 20.9 Å². The Morgan fingerprint density at radius 1 is 1.04 bits per heavy atom. The van der Waals surface area contributed by atoms with E-state index in [1.165, 1.54) is 0 Å². The van der Waals surface area contributed by atoms with Gasteiger partial charge in [-0.25, -0.2) is 4.99 Å². The minimum atomic E-state index is -0.133. The summed E-state index contributed by atoms with van der Waals surface area (Å²) < 4.78 is 15.4. The van der Waals surface area contributed by atoms with Crippen molar-refractivity contribution >= 4 is 35.8 Å². The van der Waals surface area contributed by atoms with E-state index in [4.69, 9.17) is 14.2 Å². The molecule has 0 saturated carbocycles. The van der Waals surface area contributed by atoms with Crippen LogP contribution < -0.4 is 20.7 Å². The molecule has 0 unspecified atom stereocenters. The van der Waals surface area contributed by atoms with Crippen molar-refractivity contribution in [3.63, 3.8) is 0 Å². The standard InChI is InChI=1S/C19H32N4O4.HI/c1-4-20-19(21-10-5-11-27-13-12-25-2)23-15-18(24)22-14-16-6-8-17(26-3)9-7-16;/h6-9H,4-5,10-15H2,1-3H3,(H,22,24)(H2,20,21,23);1H. The number of amides is 1. The van der Waals surface area contributed by atoms with Crippen LogP contribution >= 0.6 is 24.0 Å². The number of carbonyl (C=O) groups excluding carboxylic acids is 1. The summed E-state index contributed by atoms with van der Waals surface area (Å²) in [6.45, 7) is 5.79. The predicted octanol–water partition coefficient (Wildman–Crippen LogP) is 1.54. The fourth-order valence-corrected chi connectivity index (χ4v) is 2.12. The molecule has 0 bridgehead atoms. The van der Waals surface area contributed by atoms with Crippen LogP contribution in [0.5, 0.6) is 5.75 Å². The summed E-state index contributed by atoms with van der Waals surface area (Å²) >= 11 is 0. The zero-order valence-corrected chi connectivity index (χ0v) is 19.3. The lowest BCUT2D eigenvalue weighted by molar-refractivity contribution is -0.119. The Bertz CT molecular complexity index is 555. The highest BCUT2D eigenvalue weighted by Crippen LogP contribution is 2.10. The number of hydrogen-bond donors (Lipinski definition) is 3. The predicted molar refractivity (Wildman–Crippen MR) is 122 cm³/mol. The van der Waals surface area contributed by atoms with Gasteiger partial charge >= 0.3 is 0 Å². The lowest BCUT2D eigenvalue weighted by atomic mass is 10.2. The third-order valence-corrected chi connectivity index (χ3v) is 3.56. The Hall–Kier alpha value is -1.59. The maximum Gasteiger partial charge on any atom is 0.242 e. The minimum absolute atomic E-state index is 0. The summed E-state index contributed by atoms with van der Waals surface area (Å²) in [4.78, 5) is 16.3. The van der Waals surface area contributed by atoms with E-state index >= 15 is 0 Å². The fourth-order valence-electron chi connectivity index (χ4n) is 2.12. The van der Waals surface area contributed by atoms with Gasteiger partial charge < -0.3 is 30.2 Å².